The standard InChI is InChI=1S/C11H17F2NO3/c1-3-6(2)8(10(16)17)14-9(15)7-4-11(12,13)5-7/h6-8H,3-5H2,1-2H3,(H,14,15)(H,16,17)/t6-,8-/m0/s1. The van der Waals surface area contributed by atoms with Crippen LogP contribution in [0.2, 0.25) is 0 Å². The Morgan fingerprint density at radius 2 is 2.00 bits per heavy atom. The number of hydrogen-bond donors (Lipinski definition) is 2. The number of carboxylic acids is 1. The quantitative estimate of drug-likeness (QED) is 0.778. The average molecular weight is 249 g/mol. The molecule has 1 aliphatic carbocycles. The van der Waals surface area contributed by atoms with Crippen molar-refractivity contribution in [2.45, 2.75) is 45.1 Å². The molecule has 0 radical (unpaired) electrons. The summed E-state index contributed by atoms with van der Waals surface area (Å²) in [5.41, 5.74) is 0. The molecule has 0 aromatic carbocycles. The lowest BCUT2D eigenvalue weighted by atomic mass is 9.80. The highest BCUT2D eigenvalue weighted by atomic mass is 19.3. The number of hydrogen-bond acceptors (Lipinski definition) is 2. The molecule has 1 rings (SSSR count). The molecule has 0 saturated heterocycles. The minimum absolute atomic E-state index is 0.225. The van der Waals surface area contributed by atoms with E-state index in [1.165, 1.54) is 0 Å². The Kier molecular flexibility index (Phi) is 4.06. The van der Waals surface area contributed by atoms with Gasteiger partial charge in [0.15, 0.2) is 0 Å². The van der Waals surface area contributed by atoms with E-state index in [2.05, 4.69) is 5.32 Å². The van der Waals surface area contributed by atoms with Crippen LogP contribution in [0.5, 0.6) is 0 Å². The number of carbonyl (C=O) groups excluding carboxylic acids is 1. The molecule has 4 nitrogen and oxygen atoms in total. The number of amides is 1. The predicted octanol–water partition coefficient (Wildman–Crippen LogP) is 1.65. The zero-order valence-corrected chi connectivity index (χ0v) is 9.87. The van der Waals surface area contributed by atoms with Crippen LogP contribution in [0.1, 0.15) is 33.1 Å². The van der Waals surface area contributed by atoms with E-state index in [4.69, 9.17) is 5.11 Å². The zero-order valence-electron chi connectivity index (χ0n) is 9.87. The number of carboxylic acid groups (broad SMARTS) is 1. The zero-order chi connectivity index (χ0) is 13.2. The molecule has 0 aromatic heterocycles. The minimum atomic E-state index is -2.77. The summed E-state index contributed by atoms with van der Waals surface area (Å²) in [6.45, 7) is 3.51. The second-order valence-corrected chi connectivity index (χ2v) is 4.67. The number of nitrogens with one attached hydrogen (secondary N) is 1. The van der Waals surface area contributed by atoms with Gasteiger partial charge in [0.25, 0.3) is 0 Å². The van der Waals surface area contributed by atoms with Gasteiger partial charge in [-0.15, -0.1) is 0 Å². The first-order chi connectivity index (χ1) is 7.76. The van der Waals surface area contributed by atoms with Gasteiger partial charge < -0.3 is 10.4 Å². The van der Waals surface area contributed by atoms with Crippen LogP contribution in [-0.4, -0.2) is 28.9 Å². The molecule has 0 aliphatic heterocycles. The van der Waals surface area contributed by atoms with Crippen LogP contribution in [0.4, 0.5) is 8.78 Å². The van der Waals surface area contributed by atoms with Gasteiger partial charge in [-0.05, 0) is 5.92 Å². The van der Waals surface area contributed by atoms with Crippen molar-refractivity contribution in [2.75, 3.05) is 0 Å². The van der Waals surface area contributed by atoms with E-state index in [1.807, 2.05) is 6.92 Å². The topological polar surface area (TPSA) is 66.4 Å². The fourth-order valence-corrected chi connectivity index (χ4v) is 1.80. The summed E-state index contributed by atoms with van der Waals surface area (Å²) in [7, 11) is 0. The van der Waals surface area contributed by atoms with E-state index in [0.717, 1.165) is 0 Å². The Morgan fingerprint density at radius 1 is 1.47 bits per heavy atom. The third-order valence-corrected chi connectivity index (χ3v) is 3.24. The third-order valence-electron chi connectivity index (χ3n) is 3.24. The number of halogens is 2. The molecule has 1 amide bonds. The molecule has 0 aromatic rings. The van der Waals surface area contributed by atoms with Crippen molar-refractivity contribution in [3.63, 3.8) is 0 Å². The summed E-state index contributed by atoms with van der Waals surface area (Å²) >= 11 is 0. The van der Waals surface area contributed by atoms with Gasteiger partial charge in [-0.2, -0.15) is 0 Å². The molecular formula is C11H17F2NO3. The maximum absolute atomic E-state index is 12.6. The summed E-state index contributed by atoms with van der Waals surface area (Å²) in [6.07, 6.45) is -0.366. The summed E-state index contributed by atoms with van der Waals surface area (Å²) < 4.78 is 25.1. The number of alkyl halides is 2. The first-order valence-corrected chi connectivity index (χ1v) is 5.68. The Hall–Kier alpha value is -1.20. The smallest absolute Gasteiger partial charge is 0.326 e. The normalized spacial score (nSPS) is 22.4. The third kappa shape index (κ3) is 3.38. The first kappa shape index (κ1) is 13.9. The van der Waals surface area contributed by atoms with Crippen LogP contribution in [0.25, 0.3) is 0 Å². The van der Waals surface area contributed by atoms with Crippen molar-refractivity contribution >= 4 is 11.9 Å². The first-order valence-electron chi connectivity index (χ1n) is 5.68. The van der Waals surface area contributed by atoms with Gasteiger partial charge >= 0.3 is 5.97 Å². The van der Waals surface area contributed by atoms with Gasteiger partial charge in [0, 0.05) is 18.8 Å². The van der Waals surface area contributed by atoms with E-state index in [-0.39, 0.29) is 5.92 Å². The van der Waals surface area contributed by atoms with Gasteiger partial charge in [-0.3, -0.25) is 4.79 Å². The molecule has 0 spiro atoms. The lowest BCUT2D eigenvalue weighted by Crippen LogP contribution is -2.51. The van der Waals surface area contributed by atoms with Crippen LogP contribution in [0, 0.1) is 11.8 Å². The van der Waals surface area contributed by atoms with Crippen molar-refractivity contribution < 1.29 is 23.5 Å². The van der Waals surface area contributed by atoms with Gasteiger partial charge in [0.05, 0.1) is 0 Å². The van der Waals surface area contributed by atoms with Crippen molar-refractivity contribution in [3.8, 4) is 0 Å². The second-order valence-electron chi connectivity index (χ2n) is 4.67. The van der Waals surface area contributed by atoms with Gasteiger partial charge in [-0.25, -0.2) is 13.6 Å². The molecule has 2 N–H and O–H groups in total. The fraction of sp³-hybridized carbons (Fsp3) is 0.818. The maximum Gasteiger partial charge on any atom is 0.326 e. The Bertz CT molecular complexity index is 312. The monoisotopic (exact) mass is 249 g/mol. The lowest BCUT2D eigenvalue weighted by Gasteiger charge is -2.34. The largest absolute Gasteiger partial charge is 0.480 e. The highest BCUT2D eigenvalue weighted by Gasteiger charge is 2.49. The molecular weight excluding hydrogens is 232 g/mol. The van der Waals surface area contributed by atoms with Crippen LogP contribution in [-0.2, 0) is 9.59 Å². The summed E-state index contributed by atoms with van der Waals surface area (Å²) in [5, 5.41) is 11.3. The van der Waals surface area contributed by atoms with Crippen LogP contribution < -0.4 is 5.32 Å². The molecule has 0 heterocycles. The molecule has 1 aliphatic rings. The van der Waals surface area contributed by atoms with E-state index >= 15 is 0 Å². The summed E-state index contributed by atoms with van der Waals surface area (Å²) in [4.78, 5) is 22.5. The lowest BCUT2D eigenvalue weighted by molar-refractivity contribution is -0.154. The molecule has 0 unspecified atom stereocenters. The Balaban J connectivity index is 2.51. The molecule has 17 heavy (non-hydrogen) atoms. The van der Waals surface area contributed by atoms with Crippen molar-refractivity contribution in [2.24, 2.45) is 11.8 Å². The minimum Gasteiger partial charge on any atom is -0.480 e. The number of rotatable bonds is 5. The van der Waals surface area contributed by atoms with E-state index in [0.29, 0.717) is 6.42 Å². The molecule has 6 heteroatoms. The van der Waals surface area contributed by atoms with Crippen molar-refractivity contribution in [1.82, 2.24) is 5.32 Å². The second kappa shape index (κ2) is 4.98. The van der Waals surface area contributed by atoms with Gasteiger partial charge in [-0.1, -0.05) is 20.3 Å². The summed E-state index contributed by atoms with van der Waals surface area (Å²) in [6, 6.07) is -0.998. The Morgan fingerprint density at radius 3 is 2.35 bits per heavy atom. The van der Waals surface area contributed by atoms with E-state index in [1.54, 1.807) is 6.92 Å². The highest BCUT2D eigenvalue weighted by Crippen LogP contribution is 2.42. The van der Waals surface area contributed by atoms with E-state index < -0.39 is 42.6 Å². The highest BCUT2D eigenvalue weighted by molar-refractivity contribution is 5.85. The molecule has 0 bridgehead atoms. The van der Waals surface area contributed by atoms with E-state index in [9.17, 15) is 18.4 Å². The molecule has 1 fully saturated rings. The van der Waals surface area contributed by atoms with Gasteiger partial charge in [0.2, 0.25) is 11.8 Å². The number of aliphatic carboxylic acids is 1. The maximum atomic E-state index is 12.6. The predicted molar refractivity (Wildman–Crippen MR) is 56.7 cm³/mol. The molecule has 98 valence electrons. The Labute approximate surface area is 98.4 Å². The fourth-order valence-electron chi connectivity index (χ4n) is 1.80. The number of carbonyl (C=O) groups is 2. The van der Waals surface area contributed by atoms with Crippen molar-refractivity contribution in [3.05, 3.63) is 0 Å². The molecule has 1 saturated carbocycles. The average Bonchev–Trinajstić information content (AvgIpc) is 2.20. The van der Waals surface area contributed by atoms with Crippen LogP contribution >= 0.6 is 0 Å². The molecule has 2 atom stereocenters. The summed E-state index contributed by atoms with van der Waals surface area (Å²) in [5.74, 6) is -5.45. The van der Waals surface area contributed by atoms with Gasteiger partial charge in [0.1, 0.15) is 6.04 Å². The SMILES string of the molecule is CC[C@H](C)[C@H](NC(=O)C1CC(F)(F)C1)C(=O)O. The van der Waals surface area contributed by atoms with Crippen molar-refractivity contribution in [1.29, 1.82) is 0 Å². The van der Waals surface area contributed by atoms with Crippen LogP contribution in [0.15, 0.2) is 0 Å². The van der Waals surface area contributed by atoms with Crippen LogP contribution in [0.3, 0.4) is 0 Å².